The van der Waals surface area contributed by atoms with E-state index in [9.17, 15) is 40.2 Å². The van der Waals surface area contributed by atoms with Gasteiger partial charge in [0.1, 0.15) is 17.3 Å². The largest absolute Gasteiger partial charge is 0.433 e. The zero-order chi connectivity index (χ0) is 22.3. The fourth-order valence-electron chi connectivity index (χ4n) is 2.87. The number of anilines is 1. The number of nitrogens with zero attached hydrogens (tertiary/aromatic N) is 1. The lowest BCUT2D eigenvalue weighted by molar-refractivity contribution is -0.142. The molecule has 1 heterocycles. The molecule has 30 heavy (non-hydrogen) atoms. The summed E-state index contributed by atoms with van der Waals surface area (Å²) in [6.07, 6.45) is -11.8. The summed E-state index contributed by atoms with van der Waals surface area (Å²) in [5.74, 6) is -1.88. The Kier molecular flexibility index (Phi) is 5.59. The lowest BCUT2D eigenvalue weighted by atomic mass is 9.99. The predicted molar refractivity (Wildman–Crippen MR) is 91.6 cm³/mol. The summed E-state index contributed by atoms with van der Waals surface area (Å²) in [5.41, 5.74) is -4.71. The molecule has 0 saturated heterocycles. The van der Waals surface area contributed by atoms with Gasteiger partial charge in [0.05, 0.1) is 22.9 Å². The standard InChI is InChI=1S/C19H12F8N2O/c20-9-4-5-14(13(21)6-9)28-8-15(30)11-7-16(19(25,26)27)29-17-10(11)2-1-3-12(17)18(22,23)24/h1-7,15,28,30H,8H2. The van der Waals surface area contributed by atoms with Gasteiger partial charge in [-0.3, -0.25) is 0 Å². The number of fused-ring (bicyclic) bond motifs is 1. The van der Waals surface area contributed by atoms with E-state index in [2.05, 4.69) is 10.3 Å². The highest BCUT2D eigenvalue weighted by Crippen LogP contribution is 2.39. The summed E-state index contributed by atoms with van der Waals surface area (Å²) in [5, 5.41) is 12.4. The van der Waals surface area contributed by atoms with Crippen LogP contribution in [0.25, 0.3) is 10.9 Å². The van der Waals surface area contributed by atoms with E-state index >= 15 is 0 Å². The molecule has 0 aliphatic rings. The van der Waals surface area contributed by atoms with Crippen molar-refractivity contribution in [1.29, 1.82) is 0 Å². The molecular weight excluding hydrogens is 424 g/mol. The smallest absolute Gasteiger partial charge is 0.387 e. The average Bonchev–Trinajstić information content (AvgIpc) is 2.64. The van der Waals surface area contributed by atoms with Crippen molar-refractivity contribution < 1.29 is 40.2 Å². The highest BCUT2D eigenvalue weighted by Gasteiger charge is 2.38. The molecule has 3 aromatic rings. The molecule has 2 aromatic carbocycles. The lowest BCUT2D eigenvalue weighted by Gasteiger charge is -2.19. The number of aromatic nitrogens is 1. The number of aliphatic hydroxyl groups is 1. The molecule has 160 valence electrons. The molecule has 0 spiro atoms. The number of rotatable bonds is 4. The molecule has 1 unspecified atom stereocenters. The van der Waals surface area contributed by atoms with Crippen LogP contribution in [-0.2, 0) is 12.4 Å². The first-order valence-corrected chi connectivity index (χ1v) is 8.33. The van der Waals surface area contributed by atoms with Gasteiger partial charge in [0.15, 0.2) is 0 Å². The molecule has 1 aromatic heterocycles. The number of nitrogens with one attached hydrogen (secondary N) is 1. The van der Waals surface area contributed by atoms with Crippen molar-refractivity contribution >= 4 is 16.6 Å². The first kappa shape index (κ1) is 21.8. The van der Waals surface area contributed by atoms with Crippen molar-refractivity contribution in [3.05, 3.63) is 70.9 Å². The summed E-state index contributed by atoms with van der Waals surface area (Å²) < 4.78 is 106. The number of hydrogen-bond donors (Lipinski definition) is 2. The lowest BCUT2D eigenvalue weighted by Crippen LogP contribution is -2.17. The molecule has 1 atom stereocenters. The van der Waals surface area contributed by atoms with Crippen molar-refractivity contribution in [2.45, 2.75) is 18.5 Å². The zero-order valence-corrected chi connectivity index (χ0v) is 14.7. The van der Waals surface area contributed by atoms with Crippen LogP contribution in [0.2, 0.25) is 0 Å². The van der Waals surface area contributed by atoms with Gasteiger partial charge in [-0.25, -0.2) is 13.8 Å². The molecule has 2 N–H and O–H groups in total. The quantitative estimate of drug-likeness (QED) is 0.516. The maximum absolute atomic E-state index is 13.7. The summed E-state index contributed by atoms with van der Waals surface area (Å²) >= 11 is 0. The van der Waals surface area contributed by atoms with Gasteiger partial charge in [0, 0.05) is 18.0 Å². The molecule has 0 aliphatic carbocycles. The monoisotopic (exact) mass is 436 g/mol. The predicted octanol–water partition coefficient (Wildman–Crippen LogP) is 5.70. The van der Waals surface area contributed by atoms with Crippen LogP contribution in [0.15, 0.2) is 42.5 Å². The van der Waals surface area contributed by atoms with E-state index in [0.29, 0.717) is 18.2 Å². The Morgan fingerprint density at radius 1 is 0.933 bits per heavy atom. The Balaban J connectivity index is 2.07. The van der Waals surface area contributed by atoms with E-state index < -0.39 is 59.0 Å². The Morgan fingerprint density at radius 3 is 2.23 bits per heavy atom. The van der Waals surface area contributed by atoms with E-state index in [-0.39, 0.29) is 11.1 Å². The van der Waals surface area contributed by atoms with Crippen molar-refractivity contribution in [2.24, 2.45) is 0 Å². The van der Waals surface area contributed by atoms with E-state index in [0.717, 1.165) is 24.3 Å². The fourth-order valence-corrected chi connectivity index (χ4v) is 2.87. The highest BCUT2D eigenvalue weighted by molar-refractivity contribution is 5.86. The third-order valence-electron chi connectivity index (χ3n) is 4.24. The van der Waals surface area contributed by atoms with Crippen molar-refractivity contribution in [2.75, 3.05) is 11.9 Å². The van der Waals surface area contributed by atoms with E-state index in [1.165, 1.54) is 0 Å². The summed E-state index contributed by atoms with van der Waals surface area (Å²) in [7, 11) is 0. The molecule has 0 amide bonds. The number of hydrogen-bond acceptors (Lipinski definition) is 3. The molecule has 0 aliphatic heterocycles. The number of alkyl halides is 6. The minimum absolute atomic E-state index is 0.249. The maximum Gasteiger partial charge on any atom is 0.433 e. The van der Waals surface area contributed by atoms with Crippen LogP contribution >= 0.6 is 0 Å². The van der Waals surface area contributed by atoms with Crippen LogP contribution in [0.3, 0.4) is 0 Å². The fraction of sp³-hybridized carbons (Fsp3) is 0.211. The third kappa shape index (κ3) is 4.45. The van der Waals surface area contributed by atoms with E-state index in [1.807, 2.05) is 0 Å². The maximum atomic E-state index is 13.7. The van der Waals surface area contributed by atoms with Gasteiger partial charge < -0.3 is 10.4 Å². The first-order chi connectivity index (χ1) is 13.9. The molecule has 0 fully saturated rings. The van der Waals surface area contributed by atoms with Crippen molar-refractivity contribution in [1.82, 2.24) is 4.98 Å². The Labute approximate surface area is 164 Å². The molecule has 0 saturated carbocycles. The number of pyridine rings is 1. The number of halogens is 8. The van der Waals surface area contributed by atoms with Gasteiger partial charge in [0.2, 0.25) is 0 Å². The third-order valence-corrected chi connectivity index (χ3v) is 4.24. The number of benzene rings is 2. The molecule has 0 radical (unpaired) electrons. The minimum atomic E-state index is -5.07. The van der Waals surface area contributed by atoms with Gasteiger partial charge >= 0.3 is 12.4 Å². The zero-order valence-electron chi connectivity index (χ0n) is 14.7. The molecular formula is C19H12F8N2O. The molecule has 3 rings (SSSR count). The van der Waals surface area contributed by atoms with Gasteiger partial charge in [0.25, 0.3) is 0 Å². The second-order valence-electron chi connectivity index (χ2n) is 6.31. The highest BCUT2D eigenvalue weighted by atomic mass is 19.4. The van der Waals surface area contributed by atoms with E-state index in [4.69, 9.17) is 0 Å². The second kappa shape index (κ2) is 7.71. The number of para-hydroxylation sites is 1. The topological polar surface area (TPSA) is 45.1 Å². The minimum Gasteiger partial charge on any atom is -0.387 e. The van der Waals surface area contributed by atoms with Crippen molar-refractivity contribution in [3.8, 4) is 0 Å². The van der Waals surface area contributed by atoms with Gasteiger partial charge in [-0.2, -0.15) is 26.3 Å². The molecule has 3 nitrogen and oxygen atoms in total. The van der Waals surface area contributed by atoms with E-state index in [1.54, 1.807) is 0 Å². The van der Waals surface area contributed by atoms with Crippen LogP contribution in [0.5, 0.6) is 0 Å². The normalized spacial score (nSPS) is 13.5. The van der Waals surface area contributed by atoms with Crippen LogP contribution in [-0.4, -0.2) is 16.6 Å². The SMILES string of the molecule is OC(CNc1ccc(F)cc1F)c1cc(C(F)(F)F)nc2c(C(F)(F)F)cccc12. The Morgan fingerprint density at radius 2 is 1.63 bits per heavy atom. The summed E-state index contributed by atoms with van der Waals surface area (Å²) in [6.45, 7) is -0.560. The summed E-state index contributed by atoms with van der Waals surface area (Å²) in [6, 6.07) is 5.56. The van der Waals surface area contributed by atoms with Gasteiger partial charge in [-0.15, -0.1) is 0 Å². The Bertz CT molecular complexity index is 1080. The van der Waals surface area contributed by atoms with Crippen LogP contribution in [0.1, 0.15) is 22.9 Å². The van der Waals surface area contributed by atoms with Crippen LogP contribution < -0.4 is 5.32 Å². The van der Waals surface area contributed by atoms with Crippen LogP contribution in [0, 0.1) is 11.6 Å². The first-order valence-electron chi connectivity index (χ1n) is 8.33. The molecule has 0 bridgehead atoms. The summed E-state index contributed by atoms with van der Waals surface area (Å²) in [4.78, 5) is 3.12. The van der Waals surface area contributed by atoms with Crippen molar-refractivity contribution in [3.63, 3.8) is 0 Å². The average molecular weight is 436 g/mol. The molecule has 11 heteroatoms. The van der Waals surface area contributed by atoms with Gasteiger partial charge in [-0.05, 0) is 29.8 Å². The Hall–Kier alpha value is -2.95. The van der Waals surface area contributed by atoms with Gasteiger partial charge in [-0.1, -0.05) is 12.1 Å². The number of aliphatic hydroxyl groups excluding tert-OH is 1. The van der Waals surface area contributed by atoms with Crippen LogP contribution in [0.4, 0.5) is 40.8 Å². The second-order valence-corrected chi connectivity index (χ2v) is 6.31.